The van der Waals surface area contributed by atoms with E-state index >= 15 is 0 Å². The Morgan fingerprint density at radius 3 is 2.68 bits per heavy atom. The van der Waals surface area contributed by atoms with E-state index < -0.39 is 40.1 Å². The molecule has 0 aromatic heterocycles. The van der Waals surface area contributed by atoms with E-state index in [0.29, 0.717) is 0 Å². The number of hydrogen-bond donors (Lipinski definition) is 2. The Kier molecular flexibility index (Phi) is 7.21. The number of nitriles is 1. The molecule has 1 aromatic carbocycles. The van der Waals surface area contributed by atoms with Crippen LogP contribution in [-0.2, 0) is 9.53 Å². The fraction of sp³-hybridized carbons (Fsp3) is 0.333. The Morgan fingerprint density at radius 2 is 2.23 bits per heavy atom. The molecule has 0 radical (unpaired) electrons. The quantitative estimate of drug-likeness (QED) is 0.472. The van der Waals surface area contributed by atoms with Gasteiger partial charge in [-0.2, -0.15) is 5.26 Å². The minimum atomic E-state index is -2.33. The molecule has 0 aliphatic heterocycles. The number of phenols is 1. The minimum absolute atomic E-state index is 0. The summed E-state index contributed by atoms with van der Waals surface area (Å²) in [5.41, 5.74) is 4.09. The zero-order valence-corrected chi connectivity index (χ0v) is 12.2. The Labute approximate surface area is 130 Å². The van der Waals surface area contributed by atoms with Crippen LogP contribution in [0, 0.1) is 21.4 Å². The summed E-state index contributed by atoms with van der Waals surface area (Å²) in [4.78, 5) is 21.1. The standard InChI is InChI=1S/C12H12FN3O5.ClH/c1-2-21-12(18)9(13)10(15)7-3-6(5-14)4-8(11(7)17)16(19)20;/h3-4,9-10,17H,2,15H2,1H3;1H/t9?,10-;/m1./s1. The molecular formula is C12H13ClFN3O5. The largest absolute Gasteiger partial charge is 0.502 e. The van der Waals surface area contributed by atoms with Crippen molar-refractivity contribution in [2.24, 2.45) is 5.73 Å². The molecule has 0 saturated heterocycles. The van der Waals surface area contributed by atoms with Gasteiger partial charge < -0.3 is 15.6 Å². The predicted octanol–water partition coefficient (Wildman–Crippen LogP) is 1.49. The number of nitrogens with zero attached hydrogens (tertiary/aromatic N) is 2. The Bertz CT molecular complexity index is 620. The molecule has 0 amide bonds. The minimum Gasteiger partial charge on any atom is -0.502 e. The van der Waals surface area contributed by atoms with Crippen LogP contribution >= 0.6 is 12.4 Å². The average molecular weight is 334 g/mol. The van der Waals surface area contributed by atoms with Crippen LogP contribution in [0.2, 0.25) is 0 Å². The third-order valence-corrected chi connectivity index (χ3v) is 2.63. The van der Waals surface area contributed by atoms with Gasteiger partial charge in [0.25, 0.3) is 0 Å². The lowest BCUT2D eigenvalue weighted by Crippen LogP contribution is -2.31. The highest BCUT2D eigenvalue weighted by atomic mass is 35.5. The van der Waals surface area contributed by atoms with E-state index in [1.54, 1.807) is 6.07 Å². The first-order valence-corrected chi connectivity index (χ1v) is 5.81. The fourth-order valence-electron chi connectivity index (χ4n) is 1.63. The maximum Gasteiger partial charge on any atom is 0.342 e. The summed E-state index contributed by atoms with van der Waals surface area (Å²) in [5, 5.41) is 29.3. The molecule has 0 aliphatic carbocycles. The van der Waals surface area contributed by atoms with Crippen LogP contribution in [-0.4, -0.2) is 28.8 Å². The molecule has 0 spiro atoms. The summed E-state index contributed by atoms with van der Waals surface area (Å²) in [7, 11) is 0. The van der Waals surface area contributed by atoms with Crippen molar-refractivity contribution in [3.63, 3.8) is 0 Å². The summed E-state index contributed by atoms with van der Waals surface area (Å²) >= 11 is 0. The summed E-state index contributed by atoms with van der Waals surface area (Å²) in [5.74, 6) is -2.15. The molecule has 1 rings (SSSR count). The number of carbonyl (C=O) groups excluding carboxylic acids is 1. The van der Waals surface area contributed by atoms with Crippen LogP contribution in [0.15, 0.2) is 12.1 Å². The van der Waals surface area contributed by atoms with Gasteiger partial charge >= 0.3 is 11.7 Å². The van der Waals surface area contributed by atoms with Gasteiger partial charge in [-0.25, -0.2) is 9.18 Å². The summed E-state index contributed by atoms with van der Waals surface area (Å²) in [6.45, 7) is 1.39. The van der Waals surface area contributed by atoms with E-state index in [1.165, 1.54) is 6.92 Å². The first-order chi connectivity index (χ1) is 9.83. The molecule has 8 nitrogen and oxygen atoms in total. The number of esters is 1. The number of phenolic OH excluding ortho intramolecular Hbond substituents is 1. The predicted molar refractivity (Wildman–Crippen MR) is 75.2 cm³/mol. The Hall–Kier alpha value is -2.44. The molecule has 0 aliphatic rings. The molecule has 0 heterocycles. The van der Waals surface area contributed by atoms with Gasteiger partial charge in [0.1, 0.15) is 0 Å². The average Bonchev–Trinajstić information content (AvgIpc) is 2.45. The number of nitrogens with two attached hydrogens (primary N) is 1. The van der Waals surface area contributed by atoms with Crippen molar-refractivity contribution in [3.8, 4) is 11.8 Å². The first kappa shape index (κ1) is 19.6. The van der Waals surface area contributed by atoms with Gasteiger partial charge in [-0.05, 0) is 13.0 Å². The van der Waals surface area contributed by atoms with Crippen LogP contribution in [0.5, 0.6) is 5.75 Å². The van der Waals surface area contributed by atoms with E-state index in [0.717, 1.165) is 12.1 Å². The van der Waals surface area contributed by atoms with Crippen molar-refractivity contribution in [3.05, 3.63) is 33.4 Å². The number of aromatic hydroxyl groups is 1. The zero-order chi connectivity index (χ0) is 16.2. The third kappa shape index (κ3) is 4.03. The normalized spacial score (nSPS) is 12.5. The van der Waals surface area contributed by atoms with Gasteiger partial charge in [-0.15, -0.1) is 12.4 Å². The summed E-state index contributed by atoms with van der Waals surface area (Å²) in [6.07, 6.45) is -2.33. The maximum absolute atomic E-state index is 13.8. The second kappa shape index (κ2) is 8.11. The summed E-state index contributed by atoms with van der Waals surface area (Å²) < 4.78 is 18.3. The molecule has 0 bridgehead atoms. The molecule has 1 aromatic rings. The van der Waals surface area contributed by atoms with Gasteiger partial charge in [0.05, 0.1) is 29.2 Å². The van der Waals surface area contributed by atoms with E-state index in [1.807, 2.05) is 0 Å². The molecule has 120 valence electrons. The van der Waals surface area contributed by atoms with Crippen molar-refractivity contribution in [1.29, 1.82) is 5.26 Å². The molecule has 2 atom stereocenters. The lowest BCUT2D eigenvalue weighted by Gasteiger charge is -2.17. The molecule has 10 heteroatoms. The van der Waals surface area contributed by atoms with E-state index in [4.69, 9.17) is 11.0 Å². The maximum atomic E-state index is 13.8. The van der Waals surface area contributed by atoms with Crippen LogP contribution in [0.3, 0.4) is 0 Å². The highest BCUT2D eigenvalue weighted by Crippen LogP contribution is 2.35. The number of alkyl halides is 1. The SMILES string of the molecule is CCOC(=O)C(F)[C@H](N)c1cc(C#N)cc([N+](=O)[O-])c1O.Cl. The lowest BCUT2D eigenvalue weighted by molar-refractivity contribution is -0.386. The van der Waals surface area contributed by atoms with Crippen LogP contribution in [0.4, 0.5) is 10.1 Å². The van der Waals surface area contributed by atoms with E-state index in [9.17, 15) is 24.4 Å². The zero-order valence-electron chi connectivity index (χ0n) is 11.4. The number of nitro benzene ring substituents is 1. The molecule has 3 N–H and O–H groups in total. The monoisotopic (exact) mass is 333 g/mol. The van der Waals surface area contributed by atoms with Gasteiger partial charge in [0, 0.05) is 11.6 Å². The fourth-order valence-corrected chi connectivity index (χ4v) is 1.63. The van der Waals surface area contributed by atoms with Crippen LogP contribution in [0.25, 0.3) is 0 Å². The van der Waals surface area contributed by atoms with Crippen molar-refractivity contribution in [2.45, 2.75) is 19.1 Å². The van der Waals surface area contributed by atoms with Gasteiger partial charge in [0.15, 0.2) is 5.75 Å². The summed E-state index contributed by atoms with van der Waals surface area (Å²) in [6, 6.07) is 1.74. The molecule has 0 saturated carbocycles. The molecule has 1 unspecified atom stereocenters. The number of carbonyl (C=O) groups is 1. The van der Waals surface area contributed by atoms with Crippen molar-refractivity contribution in [2.75, 3.05) is 6.61 Å². The molecular weight excluding hydrogens is 321 g/mol. The Balaban J connectivity index is 0.00000441. The smallest absolute Gasteiger partial charge is 0.342 e. The van der Waals surface area contributed by atoms with Gasteiger partial charge in [-0.1, -0.05) is 0 Å². The molecule has 22 heavy (non-hydrogen) atoms. The van der Waals surface area contributed by atoms with Crippen molar-refractivity contribution < 1.29 is 24.0 Å². The van der Waals surface area contributed by atoms with Crippen molar-refractivity contribution in [1.82, 2.24) is 0 Å². The second-order valence-corrected chi connectivity index (χ2v) is 3.98. The van der Waals surface area contributed by atoms with Crippen molar-refractivity contribution >= 4 is 24.1 Å². The van der Waals surface area contributed by atoms with Crippen LogP contribution < -0.4 is 5.73 Å². The van der Waals surface area contributed by atoms with E-state index in [-0.39, 0.29) is 24.6 Å². The first-order valence-electron chi connectivity index (χ1n) is 5.81. The number of halogens is 2. The number of ether oxygens (including phenoxy) is 1. The number of hydrogen-bond acceptors (Lipinski definition) is 7. The van der Waals surface area contributed by atoms with Gasteiger partial charge in [0.2, 0.25) is 6.17 Å². The number of benzene rings is 1. The third-order valence-electron chi connectivity index (χ3n) is 2.63. The molecule has 0 fully saturated rings. The van der Waals surface area contributed by atoms with E-state index in [2.05, 4.69) is 4.74 Å². The second-order valence-electron chi connectivity index (χ2n) is 3.98. The lowest BCUT2D eigenvalue weighted by atomic mass is 9.99. The van der Waals surface area contributed by atoms with Gasteiger partial charge in [-0.3, -0.25) is 10.1 Å². The highest BCUT2D eigenvalue weighted by molar-refractivity contribution is 5.85. The number of rotatable bonds is 5. The Morgan fingerprint density at radius 1 is 1.64 bits per heavy atom. The number of nitro groups is 1. The highest BCUT2D eigenvalue weighted by Gasteiger charge is 2.32. The topological polar surface area (TPSA) is 139 Å². The van der Waals surface area contributed by atoms with Crippen LogP contribution in [0.1, 0.15) is 24.1 Å².